The molecule has 0 radical (unpaired) electrons. The summed E-state index contributed by atoms with van der Waals surface area (Å²) < 4.78 is 4.93. The predicted molar refractivity (Wildman–Crippen MR) is 97.4 cm³/mol. The molecule has 3 rings (SSSR count). The molecule has 8 heteroatoms. The van der Waals surface area contributed by atoms with E-state index in [9.17, 15) is 4.79 Å². The van der Waals surface area contributed by atoms with Gasteiger partial charge in [0.1, 0.15) is 18.2 Å². The molecule has 2 aromatic rings. The van der Waals surface area contributed by atoms with Crippen molar-refractivity contribution < 1.29 is 9.53 Å². The molecule has 2 aromatic heterocycles. The first kappa shape index (κ1) is 18.2. The Labute approximate surface area is 153 Å². The number of carbonyl (C=O) groups excluding carboxylic acids is 1. The van der Waals surface area contributed by atoms with Crippen LogP contribution in [0.25, 0.3) is 0 Å². The van der Waals surface area contributed by atoms with Gasteiger partial charge in [-0.2, -0.15) is 0 Å². The molecule has 0 bridgehead atoms. The normalized spacial score (nSPS) is 16.8. The topological polar surface area (TPSA) is 93.1 Å². The Morgan fingerprint density at radius 3 is 2.54 bits per heavy atom. The van der Waals surface area contributed by atoms with E-state index in [0.717, 1.165) is 29.3 Å². The average molecular weight is 356 g/mol. The molecule has 1 aliphatic rings. The molecule has 1 fully saturated rings. The van der Waals surface area contributed by atoms with Crippen LogP contribution >= 0.6 is 0 Å². The van der Waals surface area contributed by atoms with Crippen LogP contribution in [0.15, 0.2) is 12.1 Å². The summed E-state index contributed by atoms with van der Waals surface area (Å²) in [6.07, 6.45) is 0.846. The molecular formula is C18H24N6O2. The monoisotopic (exact) mass is 356 g/mol. The van der Waals surface area contributed by atoms with Crippen molar-refractivity contribution in [1.82, 2.24) is 24.8 Å². The molecule has 8 nitrogen and oxygen atoms in total. The summed E-state index contributed by atoms with van der Waals surface area (Å²) in [7, 11) is 1.53. The second-order valence-corrected chi connectivity index (χ2v) is 6.61. The van der Waals surface area contributed by atoms with Crippen LogP contribution in [0.1, 0.15) is 35.2 Å². The number of hydrogen-bond acceptors (Lipinski definition) is 7. The zero-order valence-corrected chi connectivity index (χ0v) is 15.6. The van der Waals surface area contributed by atoms with Gasteiger partial charge in [0.15, 0.2) is 0 Å². The van der Waals surface area contributed by atoms with Gasteiger partial charge < -0.3 is 15.0 Å². The number of methoxy groups -OCH3 is 1. The Bertz CT molecular complexity index is 790. The second kappa shape index (κ2) is 7.74. The zero-order chi connectivity index (χ0) is 18.7. The van der Waals surface area contributed by atoms with Crippen LogP contribution in [0.3, 0.4) is 0 Å². The third-order valence-corrected chi connectivity index (χ3v) is 4.27. The Balaban J connectivity index is 1.77. The van der Waals surface area contributed by atoms with Crippen LogP contribution in [0.5, 0.6) is 0 Å². The molecule has 0 spiro atoms. The first-order valence-electron chi connectivity index (χ1n) is 8.66. The van der Waals surface area contributed by atoms with Gasteiger partial charge in [-0.25, -0.2) is 19.9 Å². The van der Waals surface area contributed by atoms with Gasteiger partial charge in [0.25, 0.3) is 0 Å². The van der Waals surface area contributed by atoms with Crippen LogP contribution in [0.4, 0.5) is 11.8 Å². The maximum absolute atomic E-state index is 12.0. The van der Waals surface area contributed by atoms with E-state index in [2.05, 4.69) is 25.3 Å². The molecule has 0 saturated carbocycles. The fraction of sp³-hybridized carbons (Fsp3) is 0.500. The minimum Gasteiger partial charge on any atom is -0.375 e. The Kier molecular flexibility index (Phi) is 5.41. The SMILES string of the molecule is COCC(=O)N1CC[C@@H](c2nc(C)cc(Nc3nc(C)cc(C)n3)n2)C1. The van der Waals surface area contributed by atoms with Crippen molar-refractivity contribution in [2.24, 2.45) is 0 Å². The van der Waals surface area contributed by atoms with E-state index in [1.807, 2.05) is 32.9 Å². The highest BCUT2D eigenvalue weighted by atomic mass is 16.5. The Hall–Kier alpha value is -2.61. The number of carbonyl (C=O) groups is 1. The summed E-state index contributed by atoms with van der Waals surface area (Å²) >= 11 is 0. The lowest BCUT2D eigenvalue weighted by molar-refractivity contribution is -0.134. The fourth-order valence-electron chi connectivity index (χ4n) is 3.15. The summed E-state index contributed by atoms with van der Waals surface area (Å²) in [5, 5.41) is 3.17. The van der Waals surface area contributed by atoms with E-state index >= 15 is 0 Å². The number of likely N-dealkylation sites (tertiary alicyclic amines) is 1. The summed E-state index contributed by atoms with van der Waals surface area (Å²) in [4.78, 5) is 31.8. The number of rotatable bonds is 5. The molecule has 138 valence electrons. The van der Waals surface area contributed by atoms with Gasteiger partial charge in [0, 0.05) is 49.3 Å². The molecule has 26 heavy (non-hydrogen) atoms. The van der Waals surface area contributed by atoms with Crippen molar-refractivity contribution in [3.8, 4) is 0 Å². The molecule has 1 N–H and O–H groups in total. The molecule has 0 unspecified atom stereocenters. The lowest BCUT2D eigenvalue weighted by Gasteiger charge is -2.16. The smallest absolute Gasteiger partial charge is 0.248 e. The number of nitrogens with zero attached hydrogens (tertiary/aromatic N) is 5. The third-order valence-electron chi connectivity index (χ3n) is 4.27. The largest absolute Gasteiger partial charge is 0.375 e. The first-order valence-corrected chi connectivity index (χ1v) is 8.66. The van der Waals surface area contributed by atoms with E-state index < -0.39 is 0 Å². The molecular weight excluding hydrogens is 332 g/mol. The number of ether oxygens (including phenoxy) is 1. The molecule has 1 saturated heterocycles. The van der Waals surface area contributed by atoms with E-state index in [1.54, 1.807) is 4.90 Å². The lowest BCUT2D eigenvalue weighted by atomic mass is 10.1. The van der Waals surface area contributed by atoms with Crippen LogP contribution in [0.2, 0.25) is 0 Å². The van der Waals surface area contributed by atoms with Crippen molar-refractivity contribution in [2.45, 2.75) is 33.1 Å². The lowest BCUT2D eigenvalue weighted by Crippen LogP contribution is -2.31. The second-order valence-electron chi connectivity index (χ2n) is 6.61. The zero-order valence-electron chi connectivity index (χ0n) is 15.6. The molecule has 0 aromatic carbocycles. The summed E-state index contributed by atoms with van der Waals surface area (Å²) in [6, 6.07) is 3.79. The maximum atomic E-state index is 12.0. The quantitative estimate of drug-likeness (QED) is 0.874. The van der Waals surface area contributed by atoms with Crippen LogP contribution in [0, 0.1) is 20.8 Å². The van der Waals surface area contributed by atoms with Crippen molar-refractivity contribution in [2.75, 3.05) is 32.1 Å². The number of hydrogen-bond donors (Lipinski definition) is 1. The van der Waals surface area contributed by atoms with Crippen molar-refractivity contribution in [3.63, 3.8) is 0 Å². The number of amides is 1. The highest BCUT2D eigenvalue weighted by molar-refractivity contribution is 5.77. The van der Waals surface area contributed by atoms with Gasteiger partial charge >= 0.3 is 0 Å². The fourth-order valence-corrected chi connectivity index (χ4v) is 3.15. The maximum Gasteiger partial charge on any atom is 0.248 e. The Morgan fingerprint density at radius 2 is 1.85 bits per heavy atom. The van der Waals surface area contributed by atoms with E-state index in [4.69, 9.17) is 4.74 Å². The van der Waals surface area contributed by atoms with Gasteiger partial charge in [0.05, 0.1) is 0 Å². The minimum atomic E-state index is 0.00429. The van der Waals surface area contributed by atoms with Gasteiger partial charge in [-0.05, 0) is 33.3 Å². The molecule has 0 aliphatic carbocycles. The molecule has 1 atom stereocenters. The summed E-state index contributed by atoms with van der Waals surface area (Å²) in [5.41, 5.74) is 2.66. The van der Waals surface area contributed by atoms with Crippen molar-refractivity contribution in [3.05, 3.63) is 35.0 Å². The molecule has 1 amide bonds. The van der Waals surface area contributed by atoms with Crippen LogP contribution in [-0.4, -0.2) is 57.5 Å². The number of aromatic nitrogens is 4. The van der Waals surface area contributed by atoms with Gasteiger partial charge in [-0.1, -0.05) is 0 Å². The van der Waals surface area contributed by atoms with E-state index in [0.29, 0.717) is 24.9 Å². The third kappa shape index (κ3) is 4.32. The number of nitrogens with one attached hydrogen (secondary N) is 1. The van der Waals surface area contributed by atoms with Crippen LogP contribution < -0.4 is 5.32 Å². The Morgan fingerprint density at radius 1 is 1.15 bits per heavy atom. The summed E-state index contributed by atoms with van der Waals surface area (Å²) in [6.45, 7) is 7.22. The molecule has 3 heterocycles. The average Bonchev–Trinajstić information content (AvgIpc) is 3.03. The summed E-state index contributed by atoms with van der Waals surface area (Å²) in [5.74, 6) is 2.06. The standard InChI is InChI=1S/C18H24N6O2/c1-11-7-12(2)21-18(20-11)23-15-8-13(3)19-17(22-15)14-5-6-24(9-14)16(25)10-26-4/h7-8,14H,5-6,9-10H2,1-4H3,(H,19,20,21,22,23)/t14-/m1/s1. The predicted octanol–water partition coefficient (Wildman–Crippen LogP) is 1.90. The number of anilines is 2. The first-order chi connectivity index (χ1) is 12.4. The molecule has 1 aliphatic heterocycles. The number of aryl methyl sites for hydroxylation is 3. The highest BCUT2D eigenvalue weighted by Gasteiger charge is 2.29. The van der Waals surface area contributed by atoms with Gasteiger partial charge in [0.2, 0.25) is 11.9 Å². The van der Waals surface area contributed by atoms with Gasteiger partial charge in [-0.3, -0.25) is 4.79 Å². The van der Waals surface area contributed by atoms with Crippen LogP contribution in [-0.2, 0) is 9.53 Å². The van der Waals surface area contributed by atoms with E-state index in [1.165, 1.54) is 7.11 Å². The van der Waals surface area contributed by atoms with Crippen molar-refractivity contribution in [1.29, 1.82) is 0 Å². The van der Waals surface area contributed by atoms with E-state index in [-0.39, 0.29) is 18.4 Å². The van der Waals surface area contributed by atoms with Crippen molar-refractivity contribution >= 4 is 17.7 Å². The van der Waals surface area contributed by atoms with Gasteiger partial charge in [-0.15, -0.1) is 0 Å². The highest BCUT2D eigenvalue weighted by Crippen LogP contribution is 2.26. The minimum absolute atomic E-state index is 0.00429.